The summed E-state index contributed by atoms with van der Waals surface area (Å²) in [4.78, 5) is 15.9. The Morgan fingerprint density at radius 3 is 2.84 bits per heavy atom. The van der Waals surface area contributed by atoms with Crippen LogP contribution in [0.2, 0.25) is 0 Å². The van der Waals surface area contributed by atoms with Crippen LogP contribution in [0.5, 0.6) is 17.4 Å². The number of aryl methyl sites for hydroxylation is 1. The summed E-state index contributed by atoms with van der Waals surface area (Å²) in [5.41, 5.74) is 5.92. The van der Waals surface area contributed by atoms with Crippen LogP contribution in [0, 0.1) is 0 Å². The summed E-state index contributed by atoms with van der Waals surface area (Å²) in [5.74, 6) is 0.857. The van der Waals surface area contributed by atoms with Crippen molar-refractivity contribution in [1.29, 1.82) is 0 Å². The highest BCUT2D eigenvalue weighted by Gasteiger charge is 2.10. The molecule has 0 fully saturated rings. The number of hydrogen-bond acceptors (Lipinski definition) is 5. The minimum absolute atomic E-state index is 0.00687. The normalized spacial score (nSPS) is 10.2. The summed E-state index contributed by atoms with van der Waals surface area (Å²) < 4.78 is 12.2. The molecule has 0 aliphatic carbocycles. The van der Waals surface area contributed by atoms with E-state index in [9.17, 15) is 4.79 Å². The lowest BCUT2D eigenvalue weighted by Crippen LogP contribution is -2.20. The van der Waals surface area contributed by atoms with Gasteiger partial charge in [-0.1, -0.05) is 0 Å². The van der Waals surface area contributed by atoms with E-state index < -0.39 is 0 Å². The smallest absolute Gasteiger partial charge is 0.313 e. The van der Waals surface area contributed by atoms with Crippen molar-refractivity contribution in [1.82, 2.24) is 9.55 Å². The Kier molecular flexibility index (Phi) is 3.70. The topological polar surface area (TPSA) is 79.4 Å². The highest BCUT2D eigenvalue weighted by molar-refractivity contribution is 5.52. The Morgan fingerprint density at radius 1 is 1.37 bits per heavy atom. The number of ether oxygens (including phenoxy) is 2. The molecule has 0 amide bonds. The molecule has 1 heterocycles. The lowest BCUT2D eigenvalue weighted by molar-refractivity contribution is 0.370. The van der Waals surface area contributed by atoms with Crippen LogP contribution in [-0.4, -0.2) is 16.7 Å². The first-order chi connectivity index (χ1) is 9.15. The molecule has 0 aliphatic heterocycles. The van der Waals surface area contributed by atoms with Crippen molar-refractivity contribution >= 4 is 5.69 Å². The highest BCUT2D eigenvalue weighted by Crippen LogP contribution is 2.31. The zero-order valence-electron chi connectivity index (χ0n) is 10.8. The van der Waals surface area contributed by atoms with Crippen LogP contribution in [-0.2, 0) is 6.54 Å². The standard InChI is InChI=1S/C13H15N3O3/c1-3-16-7-6-15-12(13(16)17)19-10-5-4-9(14)8-11(10)18-2/h4-8H,3,14H2,1-2H3. The number of nitrogens with zero attached hydrogens (tertiary/aromatic N) is 2. The van der Waals surface area contributed by atoms with Gasteiger partial charge in [-0.05, 0) is 19.1 Å². The molecular formula is C13H15N3O3. The molecule has 2 N–H and O–H groups in total. The molecule has 6 nitrogen and oxygen atoms in total. The van der Waals surface area contributed by atoms with Gasteiger partial charge in [0.05, 0.1) is 7.11 Å². The predicted molar refractivity (Wildman–Crippen MR) is 71.7 cm³/mol. The van der Waals surface area contributed by atoms with Gasteiger partial charge in [-0.15, -0.1) is 0 Å². The van der Waals surface area contributed by atoms with E-state index in [4.69, 9.17) is 15.2 Å². The van der Waals surface area contributed by atoms with Gasteiger partial charge in [0.25, 0.3) is 5.88 Å². The monoisotopic (exact) mass is 261 g/mol. The molecule has 0 radical (unpaired) electrons. The molecule has 1 aromatic heterocycles. The molecule has 0 saturated carbocycles. The number of rotatable bonds is 4. The Morgan fingerprint density at radius 2 is 2.16 bits per heavy atom. The average Bonchev–Trinajstić information content (AvgIpc) is 2.42. The fourth-order valence-corrected chi connectivity index (χ4v) is 1.62. The van der Waals surface area contributed by atoms with Crippen LogP contribution in [0.25, 0.3) is 0 Å². The number of benzene rings is 1. The third-order valence-electron chi connectivity index (χ3n) is 2.62. The van der Waals surface area contributed by atoms with Crippen molar-refractivity contribution in [3.63, 3.8) is 0 Å². The number of nitrogen functional groups attached to an aromatic ring is 1. The zero-order chi connectivity index (χ0) is 13.8. The van der Waals surface area contributed by atoms with E-state index in [2.05, 4.69) is 4.98 Å². The Balaban J connectivity index is 2.39. The van der Waals surface area contributed by atoms with Gasteiger partial charge in [-0.2, -0.15) is 0 Å². The van der Waals surface area contributed by atoms with Crippen LogP contribution < -0.4 is 20.8 Å². The van der Waals surface area contributed by atoms with Crippen molar-refractivity contribution in [2.75, 3.05) is 12.8 Å². The molecule has 2 aromatic rings. The van der Waals surface area contributed by atoms with Gasteiger partial charge in [0.1, 0.15) is 0 Å². The SMILES string of the molecule is CCn1ccnc(Oc2ccc(N)cc2OC)c1=O. The molecule has 0 spiro atoms. The Hall–Kier alpha value is -2.50. The number of anilines is 1. The van der Waals surface area contributed by atoms with E-state index in [1.54, 1.807) is 24.4 Å². The maximum absolute atomic E-state index is 12.0. The van der Waals surface area contributed by atoms with Crippen LogP contribution in [0.1, 0.15) is 6.92 Å². The molecule has 6 heteroatoms. The van der Waals surface area contributed by atoms with Crippen LogP contribution in [0.4, 0.5) is 5.69 Å². The van der Waals surface area contributed by atoms with Gasteiger partial charge < -0.3 is 19.8 Å². The van der Waals surface area contributed by atoms with E-state index in [-0.39, 0.29) is 11.4 Å². The van der Waals surface area contributed by atoms with Gasteiger partial charge >= 0.3 is 5.56 Å². The first-order valence-electron chi connectivity index (χ1n) is 5.82. The van der Waals surface area contributed by atoms with E-state index >= 15 is 0 Å². The summed E-state index contributed by atoms with van der Waals surface area (Å²) in [6.45, 7) is 2.42. The molecule has 19 heavy (non-hydrogen) atoms. The lowest BCUT2D eigenvalue weighted by atomic mass is 10.3. The van der Waals surface area contributed by atoms with Crippen molar-refractivity contribution in [2.45, 2.75) is 13.5 Å². The van der Waals surface area contributed by atoms with Crippen LogP contribution in [0.3, 0.4) is 0 Å². The molecular weight excluding hydrogens is 246 g/mol. The quantitative estimate of drug-likeness (QED) is 0.846. The van der Waals surface area contributed by atoms with E-state index in [1.165, 1.54) is 17.9 Å². The summed E-state index contributed by atoms with van der Waals surface area (Å²) in [6.07, 6.45) is 3.12. The number of methoxy groups -OCH3 is 1. The molecule has 0 bridgehead atoms. The second-order valence-corrected chi connectivity index (χ2v) is 3.84. The second-order valence-electron chi connectivity index (χ2n) is 3.84. The van der Waals surface area contributed by atoms with Gasteiger partial charge in [-0.3, -0.25) is 4.79 Å². The van der Waals surface area contributed by atoms with E-state index in [0.29, 0.717) is 23.7 Å². The first kappa shape index (κ1) is 12.9. The van der Waals surface area contributed by atoms with Gasteiger partial charge in [0, 0.05) is 30.7 Å². The fourth-order valence-electron chi connectivity index (χ4n) is 1.62. The number of nitrogens with two attached hydrogens (primary N) is 1. The minimum Gasteiger partial charge on any atom is -0.493 e. The molecule has 0 aliphatic rings. The summed E-state index contributed by atoms with van der Waals surface area (Å²) >= 11 is 0. The van der Waals surface area contributed by atoms with Gasteiger partial charge in [-0.25, -0.2) is 4.98 Å². The highest BCUT2D eigenvalue weighted by atomic mass is 16.5. The minimum atomic E-state index is -0.288. The molecule has 2 rings (SSSR count). The number of hydrogen-bond donors (Lipinski definition) is 1. The van der Waals surface area contributed by atoms with Crippen LogP contribution in [0.15, 0.2) is 35.4 Å². The van der Waals surface area contributed by atoms with Crippen molar-refractivity contribution < 1.29 is 9.47 Å². The maximum Gasteiger partial charge on any atom is 0.313 e. The third-order valence-corrected chi connectivity index (χ3v) is 2.62. The van der Waals surface area contributed by atoms with Crippen molar-refractivity contribution in [3.05, 3.63) is 40.9 Å². The summed E-state index contributed by atoms with van der Waals surface area (Å²) in [6, 6.07) is 4.92. The predicted octanol–water partition coefficient (Wildman–Crippen LogP) is 1.65. The number of aromatic nitrogens is 2. The zero-order valence-corrected chi connectivity index (χ0v) is 10.8. The first-order valence-corrected chi connectivity index (χ1v) is 5.82. The third kappa shape index (κ3) is 2.67. The molecule has 0 atom stereocenters. The van der Waals surface area contributed by atoms with Crippen molar-refractivity contribution in [3.8, 4) is 17.4 Å². The fraction of sp³-hybridized carbons (Fsp3) is 0.231. The van der Waals surface area contributed by atoms with Crippen molar-refractivity contribution in [2.24, 2.45) is 0 Å². The van der Waals surface area contributed by atoms with E-state index in [1.807, 2.05) is 6.92 Å². The largest absolute Gasteiger partial charge is 0.493 e. The Labute approximate surface area is 110 Å². The maximum atomic E-state index is 12.0. The second kappa shape index (κ2) is 5.43. The molecule has 1 aromatic carbocycles. The molecule has 0 saturated heterocycles. The molecule has 0 unspecified atom stereocenters. The Bertz CT molecular complexity index is 637. The lowest BCUT2D eigenvalue weighted by Gasteiger charge is -2.10. The summed E-state index contributed by atoms with van der Waals surface area (Å²) in [7, 11) is 1.50. The van der Waals surface area contributed by atoms with Gasteiger partial charge in [0.15, 0.2) is 11.5 Å². The average molecular weight is 261 g/mol. The summed E-state index contributed by atoms with van der Waals surface area (Å²) in [5, 5.41) is 0. The van der Waals surface area contributed by atoms with Crippen LogP contribution >= 0.6 is 0 Å². The van der Waals surface area contributed by atoms with Gasteiger partial charge in [0.2, 0.25) is 0 Å². The van der Waals surface area contributed by atoms with E-state index in [0.717, 1.165) is 0 Å². The molecule has 100 valence electrons.